The van der Waals surface area contributed by atoms with Gasteiger partial charge in [-0.1, -0.05) is 24.3 Å². The minimum Gasteiger partial charge on any atom is -0.493 e. The van der Waals surface area contributed by atoms with Crippen LogP contribution >= 0.6 is 0 Å². The van der Waals surface area contributed by atoms with Crippen LogP contribution in [0.1, 0.15) is 22.5 Å². The molecule has 1 heterocycles. The van der Waals surface area contributed by atoms with Crippen molar-refractivity contribution in [3.63, 3.8) is 0 Å². The standard InChI is InChI=1S/C23H27N3O4/c1-15-8-6-7-9-19(15)30-14-22(27)24-23-16(2)25-26(17(23)3)13-18-10-11-20(28-4)21(12-18)29-5/h6-12H,13-14H2,1-5H3,(H,24,27). The normalized spacial score (nSPS) is 10.6. The molecule has 0 aliphatic carbocycles. The third-order valence-electron chi connectivity index (χ3n) is 4.88. The van der Waals surface area contributed by atoms with Gasteiger partial charge >= 0.3 is 0 Å². The second kappa shape index (κ2) is 9.35. The van der Waals surface area contributed by atoms with Gasteiger partial charge in [-0.25, -0.2) is 0 Å². The molecule has 0 spiro atoms. The van der Waals surface area contributed by atoms with Crippen molar-refractivity contribution in [3.05, 3.63) is 65.0 Å². The number of para-hydroxylation sites is 1. The lowest BCUT2D eigenvalue weighted by Crippen LogP contribution is -2.21. The van der Waals surface area contributed by atoms with E-state index in [-0.39, 0.29) is 12.5 Å². The fraction of sp³-hybridized carbons (Fsp3) is 0.304. The number of ether oxygens (including phenoxy) is 3. The van der Waals surface area contributed by atoms with Crippen molar-refractivity contribution in [3.8, 4) is 17.2 Å². The Balaban J connectivity index is 1.69. The molecular formula is C23H27N3O4. The largest absolute Gasteiger partial charge is 0.493 e. The van der Waals surface area contributed by atoms with Crippen molar-refractivity contribution in [1.29, 1.82) is 0 Å². The number of carbonyl (C=O) groups excluding carboxylic acids is 1. The average Bonchev–Trinajstić information content (AvgIpc) is 3.00. The van der Waals surface area contributed by atoms with E-state index < -0.39 is 0 Å². The van der Waals surface area contributed by atoms with E-state index in [0.717, 1.165) is 22.5 Å². The maximum atomic E-state index is 12.4. The Kier molecular flexibility index (Phi) is 6.61. The molecule has 0 atom stereocenters. The molecule has 0 bridgehead atoms. The number of carbonyl (C=O) groups is 1. The summed E-state index contributed by atoms with van der Waals surface area (Å²) in [5.41, 5.74) is 4.32. The fourth-order valence-electron chi connectivity index (χ4n) is 3.22. The van der Waals surface area contributed by atoms with E-state index in [2.05, 4.69) is 10.4 Å². The minimum atomic E-state index is -0.227. The Morgan fingerprint density at radius 1 is 1.00 bits per heavy atom. The number of methoxy groups -OCH3 is 2. The zero-order valence-corrected chi connectivity index (χ0v) is 18.0. The summed E-state index contributed by atoms with van der Waals surface area (Å²) in [7, 11) is 3.22. The van der Waals surface area contributed by atoms with Crippen LogP contribution in [0.2, 0.25) is 0 Å². The van der Waals surface area contributed by atoms with E-state index in [9.17, 15) is 4.79 Å². The maximum Gasteiger partial charge on any atom is 0.262 e. The Morgan fingerprint density at radius 3 is 2.43 bits per heavy atom. The molecule has 0 saturated heterocycles. The molecule has 158 valence electrons. The minimum absolute atomic E-state index is 0.0649. The van der Waals surface area contributed by atoms with Crippen LogP contribution < -0.4 is 19.5 Å². The lowest BCUT2D eigenvalue weighted by Gasteiger charge is -2.11. The van der Waals surface area contributed by atoms with Gasteiger partial charge in [0.2, 0.25) is 0 Å². The summed E-state index contributed by atoms with van der Waals surface area (Å²) in [5.74, 6) is 1.81. The van der Waals surface area contributed by atoms with Crippen molar-refractivity contribution in [2.75, 3.05) is 26.1 Å². The van der Waals surface area contributed by atoms with Crippen molar-refractivity contribution in [2.24, 2.45) is 0 Å². The average molecular weight is 409 g/mol. The highest BCUT2D eigenvalue weighted by molar-refractivity contribution is 5.93. The Labute approximate surface area is 176 Å². The number of nitrogens with zero attached hydrogens (tertiary/aromatic N) is 2. The summed E-state index contributed by atoms with van der Waals surface area (Å²) in [6.45, 7) is 6.22. The van der Waals surface area contributed by atoms with Gasteiger partial charge in [0.1, 0.15) is 5.75 Å². The number of hydrogen-bond acceptors (Lipinski definition) is 5. The zero-order valence-electron chi connectivity index (χ0n) is 18.0. The summed E-state index contributed by atoms with van der Waals surface area (Å²) < 4.78 is 18.2. The number of amides is 1. The second-order valence-electron chi connectivity index (χ2n) is 7.00. The first-order valence-corrected chi connectivity index (χ1v) is 9.66. The zero-order chi connectivity index (χ0) is 21.7. The Bertz CT molecular complexity index is 1040. The van der Waals surface area contributed by atoms with Gasteiger partial charge in [0.05, 0.1) is 37.8 Å². The van der Waals surface area contributed by atoms with Crippen LogP contribution in [-0.2, 0) is 11.3 Å². The topological polar surface area (TPSA) is 74.6 Å². The highest BCUT2D eigenvalue weighted by atomic mass is 16.5. The molecule has 2 aromatic carbocycles. The summed E-state index contributed by atoms with van der Waals surface area (Å²) in [4.78, 5) is 12.4. The van der Waals surface area contributed by atoms with Crippen LogP contribution in [0.3, 0.4) is 0 Å². The first-order chi connectivity index (χ1) is 14.4. The summed E-state index contributed by atoms with van der Waals surface area (Å²) in [6.07, 6.45) is 0. The second-order valence-corrected chi connectivity index (χ2v) is 7.00. The van der Waals surface area contributed by atoms with Gasteiger partial charge in [-0.2, -0.15) is 5.10 Å². The predicted octanol–water partition coefficient (Wildman–Crippen LogP) is 3.89. The predicted molar refractivity (Wildman–Crippen MR) is 116 cm³/mol. The molecule has 0 aliphatic rings. The van der Waals surface area contributed by atoms with Crippen LogP contribution in [0.25, 0.3) is 0 Å². The molecule has 1 N–H and O–H groups in total. The molecule has 0 unspecified atom stereocenters. The third kappa shape index (κ3) is 4.74. The smallest absolute Gasteiger partial charge is 0.262 e. The van der Waals surface area contributed by atoms with Crippen LogP contribution in [0.5, 0.6) is 17.2 Å². The van der Waals surface area contributed by atoms with E-state index in [1.165, 1.54) is 0 Å². The molecule has 30 heavy (non-hydrogen) atoms. The number of hydrogen-bond donors (Lipinski definition) is 1. The molecular weight excluding hydrogens is 382 g/mol. The summed E-state index contributed by atoms with van der Waals surface area (Å²) in [5, 5.41) is 7.50. The van der Waals surface area contributed by atoms with Gasteiger partial charge in [-0.3, -0.25) is 9.48 Å². The van der Waals surface area contributed by atoms with Crippen molar-refractivity contribution in [2.45, 2.75) is 27.3 Å². The van der Waals surface area contributed by atoms with Gasteiger partial charge in [0.15, 0.2) is 18.1 Å². The van der Waals surface area contributed by atoms with Gasteiger partial charge in [0, 0.05) is 0 Å². The van der Waals surface area contributed by atoms with Crippen molar-refractivity contribution < 1.29 is 19.0 Å². The molecule has 1 amide bonds. The van der Waals surface area contributed by atoms with Gasteiger partial charge in [-0.15, -0.1) is 0 Å². The number of aromatic nitrogens is 2. The third-order valence-corrected chi connectivity index (χ3v) is 4.88. The van der Waals surface area contributed by atoms with E-state index in [1.54, 1.807) is 14.2 Å². The number of anilines is 1. The molecule has 3 aromatic rings. The fourth-order valence-corrected chi connectivity index (χ4v) is 3.22. The monoisotopic (exact) mass is 409 g/mol. The molecule has 0 saturated carbocycles. The van der Waals surface area contributed by atoms with E-state index >= 15 is 0 Å². The molecule has 7 heteroatoms. The highest BCUT2D eigenvalue weighted by Crippen LogP contribution is 2.28. The first-order valence-electron chi connectivity index (χ1n) is 9.66. The molecule has 3 rings (SSSR count). The molecule has 1 aromatic heterocycles. The van der Waals surface area contributed by atoms with Crippen LogP contribution in [0, 0.1) is 20.8 Å². The molecule has 0 aliphatic heterocycles. The number of aryl methyl sites for hydroxylation is 2. The molecule has 0 fully saturated rings. The van der Waals surface area contributed by atoms with Gasteiger partial charge in [0.25, 0.3) is 5.91 Å². The van der Waals surface area contributed by atoms with Crippen LogP contribution in [0.4, 0.5) is 5.69 Å². The highest BCUT2D eigenvalue weighted by Gasteiger charge is 2.16. The molecule has 7 nitrogen and oxygen atoms in total. The first kappa shape index (κ1) is 21.2. The van der Waals surface area contributed by atoms with Gasteiger partial charge < -0.3 is 19.5 Å². The van der Waals surface area contributed by atoms with E-state index in [1.807, 2.05) is 67.9 Å². The lowest BCUT2D eigenvalue weighted by molar-refractivity contribution is -0.118. The SMILES string of the molecule is COc1ccc(Cn2nc(C)c(NC(=O)COc3ccccc3C)c2C)cc1OC. The van der Waals surface area contributed by atoms with Crippen molar-refractivity contribution >= 4 is 11.6 Å². The Morgan fingerprint density at radius 2 is 1.73 bits per heavy atom. The summed E-state index contributed by atoms with van der Waals surface area (Å²) in [6, 6.07) is 13.4. The number of nitrogens with one attached hydrogen (secondary N) is 1. The van der Waals surface area contributed by atoms with Gasteiger partial charge in [-0.05, 0) is 50.1 Å². The number of benzene rings is 2. The van der Waals surface area contributed by atoms with E-state index in [4.69, 9.17) is 14.2 Å². The van der Waals surface area contributed by atoms with Crippen LogP contribution in [-0.4, -0.2) is 36.5 Å². The van der Waals surface area contributed by atoms with Crippen molar-refractivity contribution in [1.82, 2.24) is 9.78 Å². The maximum absolute atomic E-state index is 12.4. The molecule has 0 radical (unpaired) electrons. The van der Waals surface area contributed by atoms with E-state index in [0.29, 0.717) is 29.5 Å². The lowest BCUT2D eigenvalue weighted by atomic mass is 10.2. The Hall–Kier alpha value is -3.48. The van der Waals surface area contributed by atoms with Crippen LogP contribution in [0.15, 0.2) is 42.5 Å². The number of rotatable bonds is 8. The summed E-state index contributed by atoms with van der Waals surface area (Å²) >= 11 is 0. The quantitative estimate of drug-likeness (QED) is 0.611.